The summed E-state index contributed by atoms with van der Waals surface area (Å²) in [5, 5.41) is 8.82. The van der Waals surface area contributed by atoms with Crippen LogP contribution in [0.2, 0.25) is 0 Å². The molecule has 1 aliphatic carbocycles. The van der Waals surface area contributed by atoms with Gasteiger partial charge in [-0.1, -0.05) is 32.1 Å². The minimum absolute atomic E-state index is 0.211. The standard InChI is InChI=1S/C11H12O3/c1-11(2)5-8(7-12)3-4-9(6-11)10(13)14/h3-7H,1-2H3,(H,13,14). The summed E-state index contributed by atoms with van der Waals surface area (Å²) in [6.07, 6.45) is 7.05. The number of hydrogen-bond acceptors (Lipinski definition) is 2. The molecule has 14 heavy (non-hydrogen) atoms. The Morgan fingerprint density at radius 1 is 1.36 bits per heavy atom. The molecule has 1 aliphatic rings. The molecule has 0 bridgehead atoms. The molecule has 1 N–H and O–H groups in total. The van der Waals surface area contributed by atoms with Crippen molar-refractivity contribution in [2.75, 3.05) is 0 Å². The molecule has 3 heteroatoms. The Hall–Kier alpha value is -1.64. The van der Waals surface area contributed by atoms with Crippen LogP contribution in [-0.2, 0) is 9.59 Å². The van der Waals surface area contributed by atoms with Gasteiger partial charge in [0, 0.05) is 11.0 Å². The lowest BCUT2D eigenvalue weighted by Gasteiger charge is -2.14. The third kappa shape index (κ3) is 2.42. The number of carboxylic acids is 1. The normalized spacial score (nSPS) is 19.3. The maximum Gasteiger partial charge on any atom is 0.335 e. The van der Waals surface area contributed by atoms with Crippen LogP contribution in [0.3, 0.4) is 0 Å². The third-order valence-corrected chi connectivity index (χ3v) is 1.90. The Morgan fingerprint density at radius 2 is 2.00 bits per heavy atom. The molecule has 0 spiro atoms. The van der Waals surface area contributed by atoms with E-state index in [0.717, 1.165) is 6.29 Å². The molecule has 0 radical (unpaired) electrons. The van der Waals surface area contributed by atoms with Gasteiger partial charge in [0.05, 0.1) is 5.57 Å². The van der Waals surface area contributed by atoms with Gasteiger partial charge in [0.2, 0.25) is 0 Å². The lowest BCUT2D eigenvalue weighted by molar-refractivity contribution is -0.132. The summed E-state index contributed by atoms with van der Waals surface area (Å²) >= 11 is 0. The number of aliphatic carboxylic acids is 1. The van der Waals surface area contributed by atoms with Crippen molar-refractivity contribution in [1.82, 2.24) is 0 Å². The van der Waals surface area contributed by atoms with Crippen molar-refractivity contribution in [3.8, 4) is 0 Å². The second-order valence-electron chi connectivity index (χ2n) is 3.82. The molecule has 0 aliphatic heterocycles. The SMILES string of the molecule is CC1(C)C=C(C=O)C=CC(C(=O)O)=C1. The highest BCUT2D eigenvalue weighted by Crippen LogP contribution is 2.26. The van der Waals surface area contributed by atoms with Crippen LogP contribution in [0.1, 0.15) is 13.8 Å². The molecular formula is C11H12O3. The Kier molecular flexibility index (Phi) is 2.70. The molecule has 0 atom stereocenters. The van der Waals surface area contributed by atoms with Gasteiger partial charge in [0.25, 0.3) is 0 Å². The Balaban J connectivity index is 3.16. The zero-order valence-electron chi connectivity index (χ0n) is 8.15. The second kappa shape index (κ2) is 3.62. The third-order valence-electron chi connectivity index (χ3n) is 1.90. The fraction of sp³-hybridized carbons (Fsp3) is 0.273. The molecule has 0 fully saturated rings. The summed E-state index contributed by atoms with van der Waals surface area (Å²) in [6, 6.07) is 0. The van der Waals surface area contributed by atoms with Gasteiger partial charge in [0.15, 0.2) is 0 Å². The quantitative estimate of drug-likeness (QED) is 0.678. The molecule has 74 valence electrons. The second-order valence-corrected chi connectivity index (χ2v) is 3.82. The van der Waals surface area contributed by atoms with E-state index in [1.807, 2.05) is 13.8 Å². The first kappa shape index (κ1) is 10.4. The molecule has 0 unspecified atom stereocenters. The molecule has 3 nitrogen and oxygen atoms in total. The maximum atomic E-state index is 10.8. The van der Waals surface area contributed by atoms with Gasteiger partial charge in [-0.05, 0) is 6.08 Å². The van der Waals surface area contributed by atoms with Crippen LogP contribution in [0.15, 0.2) is 35.5 Å². The monoisotopic (exact) mass is 192 g/mol. The number of aldehydes is 1. The molecule has 0 aromatic carbocycles. The first-order valence-electron chi connectivity index (χ1n) is 4.27. The number of carbonyl (C=O) groups excluding carboxylic acids is 1. The average Bonchev–Trinajstić information content (AvgIpc) is 2.23. The first-order chi connectivity index (χ1) is 6.44. The number of carboxylic acid groups (broad SMARTS) is 1. The summed E-state index contributed by atoms with van der Waals surface area (Å²) in [7, 11) is 0. The highest BCUT2D eigenvalue weighted by atomic mass is 16.4. The summed E-state index contributed by atoms with van der Waals surface area (Å²) in [5.74, 6) is -0.977. The van der Waals surface area contributed by atoms with E-state index in [9.17, 15) is 9.59 Å². The Bertz CT molecular complexity index is 357. The van der Waals surface area contributed by atoms with Gasteiger partial charge < -0.3 is 5.11 Å². The van der Waals surface area contributed by atoms with E-state index < -0.39 is 11.4 Å². The van der Waals surface area contributed by atoms with Crippen molar-refractivity contribution < 1.29 is 14.7 Å². The molecule has 0 aromatic rings. The number of allylic oxidation sites excluding steroid dienone is 4. The summed E-state index contributed by atoms with van der Waals surface area (Å²) in [5.41, 5.74) is 0.304. The van der Waals surface area contributed by atoms with Gasteiger partial charge in [-0.2, -0.15) is 0 Å². The molecular weight excluding hydrogens is 180 g/mol. The van der Waals surface area contributed by atoms with Crippen LogP contribution >= 0.6 is 0 Å². The first-order valence-corrected chi connectivity index (χ1v) is 4.27. The van der Waals surface area contributed by atoms with Crippen molar-refractivity contribution in [1.29, 1.82) is 0 Å². The highest BCUT2D eigenvalue weighted by Gasteiger charge is 2.18. The number of carbonyl (C=O) groups is 2. The van der Waals surface area contributed by atoms with Crippen LogP contribution < -0.4 is 0 Å². The number of hydrogen-bond donors (Lipinski definition) is 1. The lowest BCUT2D eigenvalue weighted by Crippen LogP contribution is -2.07. The van der Waals surface area contributed by atoms with Gasteiger partial charge >= 0.3 is 5.97 Å². The van der Waals surface area contributed by atoms with Crippen LogP contribution in [-0.4, -0.2) is 17.4 Å². The predicted octanol–water partition coefficient (Wildman–Crippen LogP) is 1.72. The van der Waals surface area contributed by atoms with E-state index in [0.29, 0.717) is 5.57 Å². The van der Waals surface area contributed by atoms with Crippen molar-refractivity contribution in [3.63, 3.8) is 0 Å². The maximum absolute atomic E-state index is 10.8. The summed E-state index contributed by atoms with van der Waals surface area (Å²) in [4.78, 5) is 21.3. The van der Waals surface area contributed by atoms with Crippen molar-refractivity contribution in [2.45, 2.75) is 13.8 Å². The van der Waals surface area contributed by atoms with E-state index in [1.54, 1.807) is 12.2 Å². The summed E-state index contributed by atoms with van der Waals surface area (Å²) in [6.45, 7) is 3.71. The Morgan fingerprint density at radius 3 is 2.50 bits per heavy atom. The predicted molar refractivity (Wildman–Crippen MR) is 52.8 cm³/mol. The van der Waals surface area contributed by atoms with Crippen molar-refractivity contribution in [2.24, 2.45) is 5.41 Å². The lowest BCUT2D eigenvalue weighted by atomic mass is 9.90. The van der Waals surface area contributed by atoms with Gasteiger partial charge in [0.1, 0.15) is 6.29 Å². The van der Waals surface area contributed by atoms with E-state index >= 15 is 0 Å². The van der Waals surface area contributed by atoms with E-state index in [4.69, 9.17) is 5.11 Å². The summed E-state index contributed by atoms with van der Waals surface area (Å²) < 4.78 is 0. The highest BCUT2D eigenvalue weighted by molar-refractivity contribution is 5.91. The zero-order valence-corrected chi connectivity index (χ0v) is 8.15. The van der Waals surface area contributed by atoms with Crippen LogP contribution in [0.25, 0.3) is 0 Å². The van der Waals surface area contributed by atoms with Gasteiger partial charge in [-0.15, -0.1) is 0 Å². The molecule has 0 aromatic heterocycles. The van der Waals surface area contributed by atoms with E-state index in [1.165, 1.54) is 12.2 Å². The van der Waals surface area contributed by atoms with Gasteiger partial charge in [-0.3, -0.25) is 4.79 Å². The fourth-order valence-corrected chi connectivity index (χ4v) is 1.36. The minimum Gasteiger partial charge on any atom is -0.478 e. The zero-order chi connectivity index (χ0) is 10.8. The molecule has 0 heterocycles. The van der Waals surface area contributed by atoms with Crippen molar-refractivity contribution >= 4 is 12.3 Å². The van der Waals surface area contributed by atoms with Crippen LogP contribution in [0, 0.1) is 5.41 Å². The molecule has 1 rings (SSSR count). The van der Waals surface area contributed by atoms with Gasteiger partial charge in [-0.25, -0.2) is 4.79 Å². The smallest absolute Gasteiger partial charge is 0.335 e. The largest absolute Gasteiger partial charge is 0.478 e. The van der Waals surface area contributed by atoms with Crippen LogP contribution in [0.4, 0.5) is 0 Å². The van der Waals surface area contributed by atoms with E-state index in [-0.39, 0.29) is 5.57 Å². The van der Waals surface area contributed by atoms with Crippen LogP contribution in [0.5, 0.6) is 0 Å². The topological polar surface area (TPSA) is 54.4 Å². The fourth-order valence-electron chi connectivity index (χ4n) is 1.36. The van der Waals surface area contributed by atoms with Crippen molar-refractivity contribution in [3.05, 3.63) is 35.5 Å². The molecule has 0 saturated carbocycles. The minimum atomic E-state index is -0.977. The van der Waals surface area contributed by atoms with E-state index in [2.05, 4.69) is 0 Å². The molecule has 0 amide bonds. The molecule has 0 saturated heterocycles. The Labute approximate surface area is 82.4 Å². The number of rotatable bonds is 2. The average molecular weight is 192 g/mol.